The van der Waals surface area contributed by atoms with Crippen molar-refractivity contribution in [2.45, 2.75) is 38.3 Å². The molecular weight excluding hydrogens is 576 g/mol. The van der Waals surface area contributed by atoms with E-state index in [2.05, 4.69) is 0 Å². The number of nitrogens with two attached hydrogens (primary N) is 2. The molecule has 1 fully saturated rings. The molecule has 42 heavy (non-hydrogen) atoms. The maximum atomic E-state index is 13.9. The predicted molar refractivity (Wildman–Crippen MR) is 151 cm³/mol. The molecule has 1 aromatic rings. The molecule has 1 aromatic carbocycles. The van der Waals surface area contributed by atoms with Gasteiger partial charge in [0.1, 0.15) is 22.8 Å². The number of phenolic OH excluding ortho intramolecular Hbond substituents is 1. The normalized spacial score (nSPS) is 25.5. The van der Waals surface area contributed by atoms with E-state index < -0.39 is 74.2 Å². The third-order valence-electron chi connectivity index (χ3n) is 7.78. The summed E-state index contributed by atoms with van der Waals surface area (Å²) in [6, 6.07) is 0.497. The van der Waals surface area contributed by atoms with Gasteiger partial charge in [-0.3, -0.25) is 28.4 Å². The van der Waals surface area contributed by atoms with Gasteiger partial charge in [-0.1, -0.05) is 13.8 Å². The van der Waals surface area contributed by atoms with Crippen LogP contribution in [0.15, 0.2) is 23.0 Å². The zero-order valence-electron chi connectivity index (χ0n) is 23.7. The molecule has 0 aromatic heterocycles. The number of hydrogen-bond acceptors (Lipinski definition) is 12. The van der Waals surface area contributed by atoms with Gasteiger partial charge in [-0.25, -0.2) is 0 Å². The first-order valence-corrected chi connectivity index (χ1v) is 14.2. The number of Topliss-reactive ketones (excluding diaryl/α,β-unsaturated/α-hetero) is 2. The number of nitrogens with zero attached hydrogens (tertiary/aromatic N) is 2. The maximum Gasteiger partial charge on any atom is 0.394 e. The smallest absolute Gasteiger partial charge is 0.394 e. The Kier molecular flexibility index (Phi) is 8.73. The van der Waals surface area contributed by atoms with Crippen molar-refractivity contribution in [3.05, 3.63) is 34.1 Å². The predicted octanol–water partition coefficient (Wildman–Crippen LogP) is -0.0144. The van der Waals surface area contributed by atoms with Gasteiger partial charge < -0.3 is 36.8 Å². The highest BCUT2D eigenvalue weighted by molar-refractivity contribution is 7.79. The molecule has 0 heterocycles. The summed E-state index contributed by atoms with van der Waals surface area (Å²) in [5, 5.41) is 44.7. The van der Waals surface area contributed by atoms with Gasteiger partial charge in [0.2, 0.25) is 5.78 Å². The minimum absolute atomic E-state index is 0.00416. The number of aliphatic hydroxyl groups is 3. The van der Waals surface area contributed by atoms with Gasteiger partial charge in [0.05, 0.1) is 17.3 Å². The lowest BCUT2D eigenvalue weighted by Gasteiger charge is -2.50. The Morgan fingerprint density at radius 1 is 1.14 bits per heavy atom. The molecule has 4 atom stereocenters. The van der Waals surface area contributed by atoms with Crippen LogP contribution in [0.25, 0.3) is 5.76 Å². The van der Waals surface area contributed by atoms with E-state index in [4.69, 9.17) is 29.0 Å². The number of rotatable bonds is 5. The molecule has 1 amide bonds. The van der Waals surface area contributed by atoms with E-state index in [1.165, 1.54) is 4.90 Å². The van der Waals surface area contributed by atoms with E-state index in [1.54, 1.807) is 20.2 Å². The number of likely N-dealkylation sites (N-methyl/N-ethyl adjacent to an activating group) is 1. The monoisotopic (exact) mass is 612 g/mol. The highest BCUT2D eigenvalue weighted by atomic mass is 32.3. The Morgan fingerprint density at radius 2 is 1.69 bits per heavy atom. The standard InChI is InChI=1S/C26H34N4O7.H2O4S/c1-10(2)9-30(5)15-8-14(27)20(31)17-12(15)6-11-7-13-19(29(3)4)22(33)18(25(28)36)24(35)26(13,37)23(34)16(11)21(17)32;1-5(2,3)4/h8,10-11,13,19,31-32,35,37H,6-7,9,27H2,1-5H3,(H2,28,36);(H2,1,2,3,4)/t11?,13?,19-,26-;/m0./s1. The Hall–Kier alpha value is -3.70. The third kappa shape index (κ3) is 5.55. The summed E-state index contributed by atoms with van der Waals surface area (Å²) in [6.07, 6.45) is 0.240. The number of primary amides is 1. The van der Waals surface area contributed by atoms with Gasteiger partial charge in [0, 0.05) is 30.8 Å². The topological polar surface area (TPSA) is 265 Å². The molecule has 0 radical (unpaired) electrons. The van der Waals surface area contributed by atoms with E-state index in [9.17, 15) is 34.8 Å². The van der Waals surface area contributed by atoms with Crippen molar-refractivity contribution in [1.82, 2.24) is 4.90 Å². The van der Waals surface area contributed by atoms with Crippen molar-refractivity contribution in [3.8, 4) is 5.75 Å². The van der Waals surface area contributed by atoms with Crippen LogP contribution in [0.1, 0.15) is 31.4 Å². The Labute approximate surface area is 242 Å². The number of carbonyl (C=O) groups excluding carboxylic acids is 3. The second-order valence-corrected chi connectivity index (χ2v) is 12.3. The molecule has 232 valence electrons. The van der Waals surface area contributed by atoms with E-state index in [0.29, 0.717) is 23.7 Å². The van der Waals surface area contributed by atoms with E-state index >= 15 is 0 Å². The summed E-state index contributed by atoms with van der Waals surface area (Å²) < 4.78 is 31.6. The van der Waals surface area contributed by atoms with Crippen molar-refractivity contribution in [1.29, 1.82) is 0 Å². The number of fused-ring (bicyclic) bond motifs is 3. The average Bonchev–Trinajstić information content (AvgIpc) is 2.81. The zero-order valence-corrected chi connectivity index (χ0v) is 24.5. The van der Waals surface area contributed by atoms with Crippen molar-refractivity contribution in [3.63, 3.8) is 0 Å². The number of aliphatic hydroxyl groups excluding tert-OH is 2. The Bertz CT molecular complexity index is 1510. The molecule has 0 spiro atoms. The lowest BCUT2D eigenvalue weighted by molar-refractivity contribution is -0.153. The molecule has 0 aliphatic heterocycles. The molecule has 15 nitrogen and oxygen atoms in total. The van der Waals surface area contributed by atoms with E-state index in [1.807, 2.05) is 25.8 Å². The fourth-order valence-electron chi connectivity index (χ4n) is 6.30. The summed E-state index contributed by atoms with van der Waals surface area (Å²) in [4.78, 5) is 42.6. The van der Waals surface area contributed by atoms with Crippen LogP contribution in [0.5, 0.6) is 5.75 Å². The van der Waals surface area contributed by atoms with Crippen LogP contribution in [0.2, 0.25) is 0 Å². The fourth-order valence-corrected chi connectivity index (χ4v) is 6.30. The van der Waals surface area contributed by atoms with Crippen LogP contribution in [0.4, 0.5) is 11.4 Å². The SMILES string of the molecule is CC(C)CN(C)c1cc(N)c(O)c2c1CC1CC3[C@H](N(C)C)C(=O)C(C(N)=O)=C(O)[C@@]3(O)C(=O)C1=C2O.O=S(=O)(O)O. The minimum atomic E-state index is -4.67. The number of amides is 1. The third-order valence-corrected chi connectivity index (χ3v) is 7.78. The summed E-state index contributed by atoms with van der Waals surface area (Å²) in [5.74, 6) is -6.63. The highest BCUT2D eigenvalue weighted by Crippen LogP contribution is 2.54. The number of benzene rings is 1. The summed E-state index contributed by atoms with van der Waals surface area (Å²) in [5.41, 5.74) is 8.95. The molecule has 3 aliphatic carbocycles. The van der Waals surface area contributed by atoms with Gasteiger partial charge >= 0.3 is 10.4 Å². The van der Waals surface area contributed by atoms with Crippen molar-refractivity contribution >= 4 is 45.0 Å². The van der Waals surface area contributed by atoms with Crippen molar-refractivity contribution in [2.24, 2.45) is 23.5 Å². The zero-order chi connectivity index (χ0) is 32.2. The number of hydrogen-bond donors (Lipinski definition) is 8. The number of phenols is 1. The van der Waals surface area contributed by atoms with Crippen LogP contribution >= 0.6 is 0 Å². The van der Waals surface area contributed by atoms with Crippen LogP contribution in [-0.4, -0.2) is 99.7 Å². The Balaban J connectivity index is 0.000000892. The number of nitrogen functional groups attached to an aromatic ring is 1. The van der Waals surface area contributed by atoms with Crippen molar-refractivity contribution in [2.75, 3.05) is 38.3 Å². The lowest BCUT2D eigenvalue weighted by Crippen LogP contribution is -2.65. The molecule has 10 N–H and O–H groups in total. The fraction of sp³-hybridized carbons (Fsp3) is 0.500. The number of ketones is 2. The van der Waals surface area contributed by atoms with Crippen molar-refractivity contribution < 1.29 is 52.3 Å². The van der Waals surface area contributed by atoms with E-state index in [0.717, 1.165) is 0 Å². The van der Waals surface area contributed by atoms with Gasteiger partial charge in [-0.05, 0) is 50.4 Å². The van der Waals surface area contributed by atoms with Gasteiger partial charge in [-0.2, -0.15) is 8.42 Å². The van der Waals surface area contributed by atoms with Gasteiger partial charge in [0.15, 0.2) is 11.4 Å². The lowest BCUT2D eigenvalue weighted by atomic mass is 9.57. The molecule has 3 aliphatic rings. The summed E-state index contributed by atoms with van der Waals surface area (Å²) >= 11 is 0. The van der Waals surface area contributed by atoms with Crippen LogP contribution in [0.3, 0.4) is 0 Å². The number of carbonyl (C=O) groups is 3. The summed E-state index contributed by atoms with van der Waals surface area (Å²) in [6.45, 7) is 4.75. The molecule has 4 rings (SSSR count). The Morgan fingerprint density at radius 3 is 2.17 bits per heavy atom. The molecule has 16 heteroatoms. The van der Waals surface area contributed by atoms with Gasteiger partial charge in [0.25, 0.3) is 5.91 Å². The first kappa shape index (κ1) is 32.8. The minimum Gasteiger partial charge on any atom is -0.508 e. The first-order chi connectivity index (χ1) is 19.1. The van der Waals surface area contributed by atoms with Gasteiger partial charge in [-0.15, -0.1) is 0 Å². The molecule has 0 bridgehead atoms. The average molecular weight is 613 g/mol. The second-order valence-electron chi connectivity index (χ2n) is 11.4. The van der Waals surface area contributed by atoms with Crippen LogP contribution < -0.4 is 16.4 Å². The number of anilines is 2. The maximum absolute atomic E-state index is 13.9. The molecule has 1 saturated carbocycles. The number of aromatic hydroxyl groups is 1. The first-order valence-electron chi connectivity index (χ1n) is 12.8. The second kappa shape index (κ2) is 11.2. The molecule has 2 unspecified atom stereocenters. The highest BCUT2D eigenvalue weighted by Gasteiger charge is 2.64. The molecular formula is C26H36N4O11S. The molecule has 0 saturated heterocycles. The van der Waals surface area contributed by atoms with E-state index in [-0.39, 0.29) is 29.7 Å². The largest absolute Gasteiger partial charge is 0.508 e. The van der Waals surface area contributed by atoms with Crippen LogP contribution in [0, 0.1) is 17.8 Å². The summed E-state index contributed by atoms with van der Waals surface area (Å²) in [7, 11) is 0.323. The van der Waals surface area contributed by atoms with Crippen LogP contribution in [-0.2, 0) is 31.2 Å². The quantitative estimate of drug-likeness (QED) is 0.0940.